The van der Waals surface area contributed by atoms with Crippen LogP contribution in [0.4, 0.5) is 0 Å². The Morgan fingerprint density at radius 3 is 2.00 bits per heavy atom. The Morgan fingerprint density at radius 2 is 1.59 bits per heavy atom. The van der Waals surface area contributed by atoms with Gasteiger partial charge in [0.25, 0.3) is 11.8 Å². The molecule has 2 aliphatic heterocycles. The Hall–Kier alpha value is -2.17. The van der Waals surface area contributed by atoms with Gasteiger partial charge < -0.3 is 5.32 Å². The third-order valence-electron chi connectivity index (χ3n) is 3.22. The molecule has 2 aliphatic rings. The van der Waals surface area contributed by atoms with Crippen molar-refractivity contribution in [2.24, 2.45) is 0 Å². The predicted molar refractivity (Wildman–Crippen MR) is 58.3 cm³/mol. The van der Waals surface area contributed by atoms with E-state index >= 15 is 0 Å². The number of amides is 3. The van der Waals surface area contributed by atoms with Crippen molar-refractivity contribution < 1.29 is 14.4 Å². The molecule has 0 spiro atoms. The minimum Gasteiger partial charge on any atom is -0.349 e. The van der Waals surface area contributed by atoms with Gasteiger partial charge in [-0.05, 0) is 19.1 Å². The Bertz CT molecular complexity index is 517. The van der Waals surface area contributed by atoms with Crippen LogP contribution in [0, 0.1) is 0 Å². The summed E-state index contributed by atoms with van der Waals surface area (Å²) in [6.07, 6.45) is 0. The minimum absolute atomic E-state index is 0.176. The standard InChI is InChI=1S/C12H10N2O3/c1-6-9(10(15)13-6)14-11(16)7-4-2-3-5-8(7)12(14)17/h2-6,9H,1H3,(H,13,15). The average Bonchev–Trinajstić information content (AvgIpc) is 2.55. The maximum atomic E-state index is 12.1. The molecule has 2 unspecified atom stereocenters. The SMILES string of the molecule is CC1NC(=O)C1N1C(=O)c2ccccc2C1=O. The molecule has 0 saturated carbocycles. The molecule has 1 fully saturated rings. The number of hydrogen-bond acceptors (Lipinski definition) is 3. The van der Waals surface area contributed by atoms with Crippen molar-refractivity contribution in [3.63, 3.8) is 0 Å². The largest absolute Gasteiger partial charge is 0.349 e. The van der Waals surface area contributed by atoms with Crippen LogP contribution in [0.1, 0.15) is 27.6 Å². The van der Waals surface area contributed by atoms with Crippen LogP contribution in [0.2, 0.25) is 0 Å². The van der Waals surface area contributed by atoms with E-state index in [-0.39, 0.29) is 23.8 Å². The van der Waals surface area contributed by atoms with E-state index in [1.165, 1.54) is 0 Å². The molecule has 17 heavy (non-hydrogen) atoms. The van der Waals surface area contributed by atoms with Crippen molar-refractivity contribution in [3.05, 3.63) is 35.4 Å². The van der Waals surface area contributed by atoms with Crippen LogP contribution < -0.4 is 5.32 Å². The van der Waals surface area contributed by atoms with Crippen molar-refractivity contribution in [3.8, 4) is 0 Å². The van der Waals surface area contributed by atoms with E-state index in [9.17, 15) is 14.4 Å². The average molecular weight is 230 g/mol. The number of rotatable bonds is 1. The molecule has 2 atom stereocenters. The molecular formula is C12H10N2O3. The number of fused-ring (bicyclic) bond motifs is 1. The van der Waals surface area contributed by atoms with E-state index in [4.69, 9.17) is 0 Å². The molecule has 1 saturated heterocycles. The van der Waals surface area contributed by atoms with Crippen molar-refractivity contribution in [2.75, 3.05) is 0 Å². The van der Waals surface area contributed by atoms with Gasteiger partial charge in [-0.25, -0.2) is 0 Å². The van der Waals surface area contributed by atoms with E-state index in [0.29, 0.717) is 11.1 Å². The Labute approximate surface area is 97.4 Å². The molecule has 1 aromatic rings. The van der Waals surface area contributed by atoms with Gasteiger partial charge in [0.05, 0.1) is 17.2 Å². The highest BCUT2D eigenvalue weighted by Crippen LogP contribution is 2.27. The van der Waals surface area contributed by atoms with Gasteiger partial charge in [0.1, 0.15) is 6.04 Å². The van der Waals surface area contributed by atoms with Gasteiger partial charge in [0, 0.05) is 0 Å². The van der Waals surface area contributed by atoms with E-state index in [1.807, 2.05) is 0 Å². The number of carbonyl (C=O) groups is 3. The molecule has 2 heterocycles. The van der Waals surface area contributed by atoms with Crippen LogP contribution in [0.25, 0.3) is 0 Å². The molecule has 3 amide bonds. The van der Waals surface area contributed by atoms with Crippen molar-refractivity contribution >= 4 is 17.7 Å². The highest BCUT2D eigenvalue weighted by Gasteiger charge is 2.49. The summed E-state index contributed by atoms with van der Waals surface area (Å²) in [5.74, 6) is -1.03. The molecule has 0 bridgehead atoms. The highest BCUT2D eigenvalue weighted by molar-refractivity contribution is 6.23. The third-order valence-corrected chi connectivity index (χ3v) is 3.22. The number of nitrogens with one attached hydrogen (secondary N) is 1. The first kappa shape index (κ1) is 10.0. The van der Waals surface area contributed by atoms with Crippen LogP contribution in [0.5, 0.6) is 0 Å². The van der Waals surface area contributed by atoms with Gasteiger partial charge in [0.15, 0.2) is 0 Å². The Kier molecular flexibility index (Phi) is 1.86. The second-order valence-corrected chi connectivity index (χ2v) is 4.27. The summed E-state index contributed by atoms with van der Waals surface area (Å²) >= 11 is 0. The monoisotopic (exact) mass is 230 g/mol. The van der Waals surface area contributed by atoms with E-state index < -0.39 is 6.04 Å². The zero-order valence-corrected chi connectivity index (χ0v) is 9.14. The number of carbonyl (C=O) groups excluding carboxylic acids is 3. The van der Waals surface area contributed by atoms with Gasteiger partial charge in [-0.1, -0.05) is 12.1 Å². The van der Waals surface area contributed by atoms with Gasteiger partial charge in [-0.3, -0.25) is 19.3 Å². The predicted octanol–water partition coefficient (Wildman–Crippen LogP) is 0.169. The fourth-order valence-corrected chi connectivity index (χ4v) is 2.32. The van der Waals surface area contributed by atoms with Gasteiger partial charge in [0.2, 0.25) is 5.91 Å². The van der Waals surface area contributed by atoms with Crippen LogP contribution in [0.15, 0.2) is 24.3 Å². The number of benzene rings is 1. The second-order valence-electron chi connectivity index (χ2n) is 4.27. The normalized spacial score (nSPS) is 26.6. The van der Waals surface area contributed by atoms with E-state index in [2.05, 4.69) is 5.32 Å². The lowest BCUT2D eigenvalue weighted by Crippen LogP contribution is -2.68. The summed E-state index contributed by atoms with van der Waals surface area (Å²) in [6.45, 7) is 1.77. The van der Waals surface area contributed by atoms with Crippen LogP contribution in [-0.4, -0.2) is 34.7 Å². The summed E-state index contributed by atoms with van der Waals surface area (Å²) in [7, 11) is 0. The molecule has 5 nitrogen and oxygen atoms in total. The molecule has 0 radical (unpaired) electrons. The van der Waals surface area contributed by atoms with Crippen LogP contribution >= 0.6 is 0 Å². The van der Waals surface area contributed by atoms with Crippen molar-refractivity contribution in [1.82, 2.24) is 10.2 Å². The van der Waals surface area contributed by atoms with E-state index in [1.54, 1.807) is 31.2 Å². The molecule has 1 N–H and O–H groups in total. The topological polar surface area (TPSA) is 66.5 Å². The number of imide groups is 1. The first-order valence-corrected chi connectivity index (χ1v) is 5.38. The molecular weight excluding hydrogens is 220 g/mol. The molecule has 86 valence electrons. The fraction of sp³-hybridized carbons (Fsp3) is 0.250. The number of β-lactam (4-membered cyclic amide) rings is 1. The van der Waals surface area contributed by atoms with Crippen LogP contribution in [0.3, 0.4) is 0 Å². The van der Waals surface area contributed by atoms with Crippen molar-refractivity contribution in [1.29, 1.82) is 0 Å². The summed E-state index contributed by atoms with van der Waals surface area (Å²) in [5, 5.41) is 2.62. The zero-order chi connectivity index (χ0) is 12.2. The molecule has 5 heteroatoms. The summed E-state index contributed by atoms with van der Waals surface area (Å²) in [4.78, 5) is 36.6. The summed E-state index contributed by atoms with van der Waals surface area (Å²) < 4.78 is 0. The van der Waals surface area contributed by atoms with Crippen LogP contribution in [-0.2, 0) is 4.79 Å². The lowest BCUT2D eigenvalue weighted by molar-refractivity contribution is -0.134. The zero-order valence-electron chi connectivity index (χ0n) is 9.14. The quantitative estimate of drug-likeness (QED) is 0.552. The molecule has 1 aromatic carbocycles. The third kappa shape index (κ3) is 1.16. The Morgan fingerprint density at radius 1 is 1.06 bits per heavy atom. The molecule has 0 aliphatic carbocycles. The lowest BCUT2D eigenvalue weighted by Gasteiger charge is -2.38. The smallest absolute Gasteiger partial charge is 0.262 e. The first-order chi connectivity index (χ1) is 8.11. The first-order valence-electron chi connectivity index (χ1n) is 5.38. The van der Waals surface area contributed by atoms with Gasteiger partial charge in [-0.15, -0.1) is 0 Å². The lowest BCUT2D eigenvalue weighted by atomic mass is 9.99. The van der Waals surface area contributed by atoms with E-state index in [0.717, 1.165) is 4.90 Å². The molecule has 0 aromatic heterocycles. The Balaban J connectivity index is 2.04. The number of hydrogen-bond donors (Lipinski definition) is 1. The van der Waals surface area contributed by atoms with Crippen molar-refractivity contribution in [2.45, 2.75) is 19.0 Å². The maximum Gasteiger partial charge on any atom is 0.262 e. The minimum atomic E-state index is -0.664. The summed E-state index contributed by atoms with van der Waals surface area (Å²) in [6, 6.07) is 5.79. The maximum absolute atomic E-state index is 12.1. The summed E-state index contributed by atoms with van der Waals surface area (Å²) in [5.41, 5.74) is 0.758. The highest BCUT2D eigenvalue weighted by atomic mass is 16.2. The fourth-order valence-electron chi connectivity index (χ4n) is 2.32. The van der Waals surface area contributed by atoms with Gasteiger partial charge in [-0.2, -0.15) is 0 Å². The number of nitrogens with zero attached hydrogens (tertiary/aromatic N) is 1. The second kappa shape index (κ2) is 3.16. The molecule has 3 rings (SSSR count). The van der Waals surface area contributed by atoms with Gasteiger partial charge >= 0.3 is 0 Å².